The Bertz CT molecular complexity index is 527. The maximum atomic E-state index is 11.7. The molecule has 0 aliphatic heterocycles. The summed E-state index contributed by atoms with van der Waals surface area (Å²) in [6.07, 6.45) is 3.13. The molecule has 20 heavy (non-hydrogen) atoms. The Morgan fingerprint density at radius 1 is 1.40 bits per heavy atom. The van der Waals surface area contributed by atoms with Crippen LogP contribution < -0.4 is 10.6 Å². The Hall–Kier alpha value is -1.62. The Labute approximate surface area is 127 Å². The van der Waals surface area contributed by atoms with Crippen LogP contribution in [0.2, 0.25) is 0 Å². The molecular weight excluding hydrogens is 320 g/mol. The molecule has 0 saturated carbocycles. The molecule has 0 aliphatic carbocycles. The van der Waals surface area contributed by atoms with Crippen molar-refractivity contribution in [1.29, 1.82) is 0 Å². The van der Waals surface area contributed by atoms with E-state index in [9.17, 15) is 9.59 Å². The number of hydrogen-bond donors (Lipinski definition) is 2. The van der Waals surface area contributed by atoms with Crippen molar-refractivity contribution in [1.82, 2.24) is 10.6 Å². The van der Waals surface area contributed by atoms with Crippen LogP contribution >= 0.6 is 15.9 Å². The number of carbonyl (C=O) groups is 2. The Kier molecular flexibility index (Phi) is 6.45. The summed E-state index contributed by atoms with van der Waals surface area (Å²) in [7, 11) is 0. The van der Waals surface area contributed by atoms with Crippen molar-refractivity contribution in [3.05, 3.63) is 39.9 Å². The normalized spacial score (nSPS) is 12.2. The van der Waals surface area contributed by atoms with Crippen molar-refractivity contribution in [3.63, 3.8) is 0 Å². The Morgan fingerprint density at radius 2 is 2.10 bits per heavy atom. The van der Waals surface area contributed by atoms with Gasteiger partial charge in [0.05, 0.1) is 0 Å². The lowest BCUT2D eigenvalue weighted by atomic mass is 10.1. The summed E-state index contributed by atoms with van der Waals surface area (Å²) >= 11 is 3.44. The smallest absolute Gasteiger partial charge is 0.244 e. The fraction of sp³-hybridized carbons (Fsp3) is 0.333. The second-order valence-corrected chi connectivity index (χ2v) is 5.34. The standard InChI is InChI=1S/C15H19BrN2O2/c1-4-17-15(20)11(3)18-14(19)8-7-12-6-5-10(2)9-13(12)16/h5-9,11H,4H2,1-3H3,(H,17,20)(H,18,19)/b8-7+/t11-/m0/s1. The molecular formula is C15H19BrN2O2. The average Bonchev–Trinajstić information content (AvgIpc) is 2.37. The molecule has 1 atom stereocenters. The van der Waals surface area contributed by atoms with Crippen LogP contribution in [0.25, 0.3) is 6.08 Å². The van der Waals surface area contributed by atoms with Gasteiger partial charge in [-0.25, -0.2) is 0 Å². The quantitative estimate of drug-likeness (QED) is 0.810. The van der Waals surface area contributed by atoms with Gasteiger partial charge in [0.1, 0.15) is 6.04 Å². The Morgan fingerprint density at radius 3 is 2.70 bits per heavy atom. The monoisotopic (exact) mass is 338 g/mol. The van der Waals surface area contributed by atoms with Crippen LogP contribution in [0, 0.1) is 6.92 Å². The molecule has 4 nitrogen and oxygen atoms in total. The highest BCUT2D eigenvalue weighted by Crippen LogP contribution is 2.19. The van der Waals surface area contributed by atoms with Gasteiger partial charge in [0.15, 0.2) is 0 Å². The summed E-state index contributed by atoms with van der Waals surface area (Å²) in [5.41, 5.74) is 2.06. The lowest BCUT2D eigenvalue weighted by Gasteiger charge is -2.11. The maximum Gasteiger partial charge on any atom is 0.244 e. The van der Waals surface area contributed by atoms with Gasteiger partial charge in [-0.15, -0.1) is 0 Å². The van der Waals surface area contributed by atoms with Crippen molar-refractivity contribution >= 4 is 33.8 Å². The van der Waals surface area contributed by atoms with Crippen molar-refractivity contribution in [2.75, 3.05) is 6.54 Å². The van der Waals surface area contributed by atoms with Crippen LogP contribution in [0.1, 0.15) is 25.0 Å². The number of hydrogen-bond acceptors (Lipinski definition) is 2. The Balaban J connectivity index is 2.61. The van der Waals surface area contributed by atoms with Crippen LogP contribution in [0.3, 0.4) is 0 Å². The summed E-state index contributed by atoms with van der Waals surface area (Å²) in [5.74, 6) is -0.484. The van der Waals surface area contributed by atoms with Gasteiger partial charge in [-0.1, -0.05) is 28.1 Å². The van der Waals surface area contributed by atoms with Gasteiger partial charge >= 0.3 is 0 Å². The highest BCUT2D eigenvalue weighted by molar-refractivity contribution is 9.10. The van der Waals surface area contributed by atoms with Crippen molar-refractivity contribution in [2.45, 2.75) is 26.8 Å². The summed E-state index contributed by atoms with van der Waals surface area (Å²) in [6, 6.07) is 5.33. The van der Waals surface area contributed by atoms with Gasteiger partial charge < -0.3 is 10.6 Å². The number of nitrogens with one attached hydrogen (secondary N) is 2. The molecule has 108 valence electrons. The average molecular weight is 339 g/mol. The second-order valence-electron chi connectivity index (χ2n) is 4.48. The minimum atomic E-state index is -0.548. The van der Waals surface area contributed by atoms with Gasteiger partial charge in [-0.3, -0.25) is 9.59 Å². The third kappa shape index (κ3) is 5.17. The van der Waals surface area contributed by atoms with E-state index in [1.54, 1.807) is 13.0 Å². The van der Waals surface area contributed by atoms with Gasteiger partial charge in [0, 0.05) is 17.1 Å². The van der Waals surface area contributed by atoms with E-state index in [4.69, 9.17) is 0 Å². The molecule has 0 heterocycles. The zero-order valence-corrected chi connectivity index (χ0v) is 13.5. The molecule has 0 aliphatic rings. The van der Waals surface area contributed by atoms with Gasteiger partial charge in [0.25, 0.3) is 0 Å². The van der Waals surface area contributed by atoms with Crippen molar-refractivity contribution < 1.29 is 9.59 Å². The van der Waals surface area contributed by atoms with E-state index >= 15 is 0 Å². The van der Waals surface area contributed by atoms with E-state index in [0.717, 1.165) is 15.6 Å². The number of benzene rings is 1. The molecule has 0 spiro atoms. The van der Waals surface area contributed by atoms with Crippen LogP contribution in [0.4, 0.5) is 0 Å². The van der Waals surface area contributed by atoms with Crippen LogP contribution in [0.5, 0.6) is 0 Å². The minimum absolute atomic E-state index is 0.189. The molecule has 2 N–H and O–H groups in total. The number of rotatable bonds is 5. The predicted molar refractivity (Wildman–Crippen MR) is 84.2 cm³/mol. The van der Waals surface area contributed by atoms with Crippen molar-refractivity contribution in [2.24, 2.45) is 0 Å². The lowest BCUT2D eigenvalue weighted by molar-refractivity contribution is -0.126. The fourth-order valence-corrected chi connectivity index (χ4v) is 2.21. The van der Waals surface area contributed by atoms with E-state index in [2.05, 4.69) is 26.6 Å². The molecule has 0 unspecified atom stereocenters. The predicted octanol–water partition coefficient (Wildman–Crippen LogP) is 2.41. The van der Waals surface area contributed by atoms with Crippen LogP contribution in [0.15, 0.2) is 28.7 Å². The lowest BCUT2D eigenvalue weighted by Crippen LogP contribution is -2.44. The highest BCUT2D eigenvalue weighted by Gasteiger charge is 2.12. The largest absolute Gasteiger partial charge is 0.355 e. The fourth-order valence-electron chi connectivity index (χ4n) is 1.59. The molecule has 0 radical (unpaired) electrons. The zero-order chi connectivity index (χ0) is 15.1. The van der Waals surface area contributed by atoms with Gasteiger partial charge in [-0.05, 0) is 44.0 Å². The molecule has 0 bridgehead atoms. The molecule has 1 aromatic rings. The summed E-state index contributed by atoms with van der Waals surface area (Å²) < 4.78 is 0.929. The summed E-state index contributed by atoms with van der Waals surface area (Å²) in [5, 5.41) is 5.27. The summed E-state index contributed by atoms with van der Waals surface area (Å²) in [4.78, 5) is 23.2. The van der Waals surface area contributed by atoms with Crippen LogP contribution in [-0.4, -0.2) is 24.4 Å². The molecule has 5 heteroatoms. The highest BCUT2D eigenvalue weighted by atomic mass is 79.9. The van der Waals surface area contributed by atoms with E-state index in [0.29, 0.717) is 6.54 Å². The summed E-state index contributed by atoms with van der Waals surface area (Å²) in [6.45, 7) is 6.03. The first-order valence-electron chi connectivity index (χ1n) is 6.46. The number of carbonyl (C=O) groups excluding carboxylic acids is 2. The topological polar surface area (TPSA) is 58.2 Å². The first-order chi connectivity index (χ1) is 9.43. The zero-order valence-electron chi connectivity index (χ0n) is 11.9. The maximum absolute atomic E-state index is 11.7. The third-order valence-corrected chi connectivity index (χ3v) is 3.36. The number of likely N-dealkylation sites (N-methyl/N-ethyl adjacent to an activating group) is 1. The first-order valence-corrected chi connectivity index (χ1v) is 7.25. The second kappa shape index (κ2) is 7.85. The molecule has 0 saturated heterocycles. The van der Waals surface area contributed by atoms with E-state index in [1.165, 1.54) is 6.08 Å². The molecule has 1 rings (SSSR count). The number of aryl methyl sites for hydroxylation is 1. The van der Waals surface area contributed by atoms with E-state index in [1.807, 2.05) is 32.0 Å². The first kappa shape index (κ1) is 16.4. The molecule has 0 aromatic heterocycles. The van der Waals surface area contributed by atoms with Gasteiger partial charge in [0.2, 0.25) is 11.8 Å². The third-order valence-electron chi connectivity index (χ3n) is 2.67. The SMILES string of the molecule is CCNC(=O)[C@H](C)NC(=O)/C=C/c1ccc(C)cc1Br. The minimum Gasteiger partial charge on any atom is -0.355 e. The van der Waals surface area contributed by atoms with E-state index in [-0.39, 0.29) is 11.8 Å². The number of amides is 2. The number of halogens is 1. The molecule has 0 fully saturated rings. The van der Waals surface area contributed by atoms with Crippen LogP contribution in [-0.2, 0) is 9.59 Å². The van der Waals surface area contributed by atoms with Crippen molar-refractivity contribution in [3.8, 4) is 0 Å². The molecule has 2 amide bonds. The van der Waals surface area contributed by atoms with Gasteiger partial charge in [-0.2, -0.15) is 0 Å². The van der Waals surface area contributed by atoms with E-state index < -0.39 is 6.04 Å². The molecule has 1 aromatic carbocycles.